The number of nitrogens with one attached hydrogen (secondary N) is 1. The minimum absolute atomic E-state index is 0.0513. The molecule has 0 unspecified atom stereocenters. The van der Waals surface area contributed by atoms with Crippen LogP contribution in [0.1, 0.15) is 10.5 Å². The smallest absolute Gasteiger partial charge is 0.276 e. The minimum Gasteiger partial charge on any atom is -0.481 e. The molecule has 0 saturated carbocycles. The van der Waals surface area contributed by atoms with Gasteiger partial charge in [0.15, 0.2) is 0 Å². The number of ether oxygens (including phenoxy) is 2. The molecule has 2 heterocycles. The first-order chi connectivity index (χ1) is 9.62. The molecule has 0 radical (unpaired) electrons. The number of methoxy groups -OCH3 is 2. The van der Waals surface area contributed by atoms with Gasteiger partial charge in [-0.1, -0.05) is 0 Å². The first kappa shape index (κ1) is 13.5. The lowest BCUT2D eigenvalue weighted by atomic mass is 10.3. The van der Waals surface area contributed by atoms with E-state index < -0.39 is 5.91 Å². The number of nitrogens with zero attached hydrogens (tertiary/aromatic N) is 3. The number of nitrogen functional groups attached to an aromatic ring is 1. The van der Waals surface area contributed by atoms with Crippen LogP contribution in [0.2, 0.25) is 0 Å². The fourth-order valence-electron chi connectivity index (χ4n) is 1.41. The Kier molecular flexibility index (Phi) is 3.94. The third-order valence-electron chi connectivity index (χ3n) is 2.34. The van der Waals surface area contributed by atoms with Crippen molar-refractivity contribution in [3.63, 3.8) is 0 Å². The maximum atomic E-state index is 12.0. The molecule has 0 saturated heterocycles. The van der Waals surface area contributed by atoms with Crippen molar-refractivity contribution in [1.82, 2.24) is 15.0 Å². The van der Waals surface area contributed by atoms with Gasteiger partial charge >= 0.3 is 0 Å². The number of anilines is 2. The van der Waals surface area contributed by atoms with E-state index >= 15 is 0 Å². The lowest BCUT2D eigenvalue weighted by Crippen LogP contribution is -2.16. The second kappa shape index (κ2) is 5.83. The Bertz CT molecular complexity index is 610. The molecule has 0 spiro atoms. The largest absolute Gasteiger partial charge is 0.481 e. The van der Waals surface area contributed by atoms with Gasteiger partial charge in [-0.2, -0.15) is 9.97 Å². The lowest BCUT2D eigenvalue weighted by molar-refractivity contribution is 0.102. The Morgan fingerprint density at radius 1 is 1.20 bits per heavy atom. The van der Waals surface area contributed by atoms with Crippen molar-refractivity contribution in [1.29, 1.82) is 0 Å². The van der Waals surface area contributed by atoms with Gasteiger partial charge in [0.05, 0.1) is 20.3 Å². The molecule has 0 fully saturated rings. The summed E-state index contributed by atoms with van der Waals surface area (Å²) in [6.07, 6.45) is 1.44. The lowest BCUT2D eigenvalue weighted by Gasteiger charge is -2.07. The molecule has 2 aromatic heterocycles. The monoisotopic (exact) mass is 275 g/mol. The van der Waals surface area contributed by atoms with E-state index in [4.69, 9.17) is 15.2 Å². The average molecular weight is 275 g/mol. The van der Waals surface area contributed by atoms with Gasteiger partial charge in [0.1, 0.15) is 5.69 Å². The molecule has 8 nitrogen and oxygen atoms in total. The molecule has 2 aromatic rings. The van der Waals surface area contributed by atoms with Crippen molar-refractivity contribution < 1.29 is 14.3 Å². The zero-order valence-electron chi connectivity index (χ0n) is 11.0. The molecular formula is C12H13N5O3. The number of hydrogen-bond acceptors (Lipinski definition) is 7. The second-order valence-corrected chi connectivity index (χ2v) is 3.70. The van der Waals surface area contributed by atoms with Gasteiger partial charge in [0.2, 0.25) is 17.7 Å². The Morgan fingerprint density at radius 3 is 2.40 bits per heavy atom. The van der Waals surface area contributed by atoms with Crippen molar-refractivity contribution in [2.45, 2.75) is 0 Å². The third-order valence-corrected chi connectivity index (χ3v) is 2.34. The van der Waals surface area contributed by atoms with E-state index in [9.17, 15) is 4.79 Å². The summed E-state index contributed by atoms with van der Waals surface area (Å²) in [5, 5.41) is 2.50. The summed E-state index contributed by atoms with van der Waals surface area (Å²) in [5.74, 6) is 0.114. The van der Waals surface area contributed by atoms with Gasteiger partial charge in [-0.05, 0) is 12.1 Å². The molecule has 1 amide bonds. The summed E-state index contributed by atoms with van der Waals surface area (Å²) >= 11 is 0. The third kappa shape index (κ3) is 3.10. The SMILES string of the molecule is COc1cc(OC)nc(NC(=O)c2cc(N)ccn2)n1. The summed E-state index contributed by atoms with van der Waals surface area (Å²) in [5.41, 5.74) is 6.19. The van der Waals surface area contributed by atoms with Crippen molar-refractivity contribution in [2.75, 3.05) is 25.3 Å². The van der Waals surface area contributed by atoms with Crippen LogP contribution >= 0.6 is 0 Å². The molecule has 104 valence electrons. The van der Waals surface area contributed by atoms with E-state index in [1.54, 1.807) is 6.07 Å². The Balaban J connectivity index is 2.23. The van der Waals surface area contributed by atoms with E-state index in [1.807, 2.05) is 0 Å². The molecule has 20 heavy (non-hydrogen) atoms. The summed E-state index contributed by atoms with van der Waals surface area (Å²) < 4.78 is 9.97. The fraction of sp³-hybridized carbons (Fsp3) is 0.167. The van der Waals surface area contributed by atoms with Crippen LogP contribution in [0, 0.1) is 0 Å². The van der Waals surface area contributed by atoms with Gasteiger partial charge < -0.3 is 15.2 Å². The highest BCUT2D eigenvalue weighted by Gasteiger charge is 2.12. The van der Waals surface area contributed by atoms with E-state index in [0.29, 0.717) is 5.69 Å². The highest BCUT2D eigenvalue weighted by atomic mass is 16.5. The van der Waals surface area contributed by atoms with Crippen molar-refractivity contribution in [3.8, 4) is 11.8 Å². The Morgan fingerprint density at radius 2 is 1.85 bits per heavy atom. The van der Waals surface area contributed by atoms with E-state index in [1.165, 1.54) is 32.5 Å². The van der Waals surface area contributed by atoms with Gasteiger partial charge in [0, 0.05) is 11.9 Å². The zero-order chi connectivity index (χ0) is 14.5. The van der Waals surface area contributed by atoms with E-state index in [2.05, 4.69) is 20.3 Å². The predicted octanol–water partition coefficient (Wildman–Crippen LogP) is 0.723. The van der Waals surface area contributed by atoms with Crippen molar-refractivity contribution in [2.24, 2.45) is 0 Å². The van der Waals surface area contributed by atoms with Crippen LogP contribution in [0.25, 0.3) is 0 Å². The minimum atomic E-state index is -0.479. The van der Waals surface area contributed by atoms with E-state index in [0.717, 1.165) is 0 Å². The molecule has 3 N–H and O–H groups in total. The standard InChI is InChI=1S/C12H13N5O3/c1-19-9-6-10(20-2)16-12(15-9)17-11(18)8-5-7(13)3-4-14-8/h3-6H,1-2H3,(H2,13,14)(H,15,16,17,18). The molecule has 0 bridgehead atoms. The highest BCUT2D eigenvalue weighted by molar-refractivity contribution is 6.02. The van der Waals surface area contributed by atoms with Crippen molar-refractivity contribution in [3.05, 3.63) is 30.1 Å². The number of pyridine rings is 1. The van der Waals surface area contributed by atoms with Gasteiger partial charge in [-0.3, -0.25) is 15.1 Å². The fourth-order valence-corrected chi connectivity index (χ4v) is 1.41. The number of aromatic nitrogens is 3. The maximum Gasteiger partial charge on any atom is 0.276 e. The Labute approximate surface area is 115 Å². The summed E-state index contributed by atoms with van der Waals surface area (Å²) in [6, 6.07) is 4.53. The van der Waals surface area contributed by atoms with Crippen LogP contribution in [0.4, 0.5) is 11.6 Å². The number of carbonyl (C=O) groups is 1. The van der Waals surface area contributed by atoms with Gasteiger partial charge in [0.25, 0.3) is 5.91 Å². The van der Waals surface area contributed by atoms with Gasteiger partial charge in [-0.25, -0.2) is 0 Å². The molecule has 2 rings (SSSR count). The van der Waals surface area contributed by atoms with Crippen LogP contribution in [0.3, 0.4) is 0 Å². The molecule has 0 atom stereocenters. The summed E-state index contributed by atoms with van der Waals surface area (Å²) in [7, 11) is 2.90. The number of amides is 1. The number of rotatable bonds is 4. The van der Waals surface area contributed by atoms with Crippen LogP contribution in [0.15, 0.2) is 24.4 Å². The molecule has 0 aliphatic carbocycles. The molecular weight excluding hydrogens is 262 g/mol. The van der Waals surface area contributed by atoms with Crippen LogP contribution in [0.5, 0.6) is 11.8 Å². The number of nitrogens with two attached hydrogens (primary N) is 1. The molecule has 0 aliphatic heterocycles. The summed E-state index contributed by atoms with van der Waals surface area (Å²) in [6.45, 7) is 0. The quantitative estimate of drug-likeness (QED) is 0.845. The molecule has 8 heteroatoms. The normalized spacial score (nSPS) is 9.90. The highest BCUT2D eigenvalue weighted by Crippen LogP contribution is 2.17. The zero-order valence-corrected chi connectivity index (χ0v) is 11.0. The molecule has 0 aliphatic rings. The maximum absolute atomic E-state index is 12.0. The van der Waals surface area contributed by atoms with Crippen molar-refractivity contribution >= 4 is 17.5 Å². The topological polar surface area (TPSA) is 112 Å². The van der Waals surface area contributed by atoms with E-state index in [-0.39, 0.29) is 23.4 Å². The average Bonchev–Trinajstić information content (AvgIpc) is 2.46. The molecule has 0 aromatic carbocycles. The number of carbonyl (C=O) groups excluding carboxylic acids is 1. The van der Waals surface area contributed by atoms with Crippen LogP contribution < -0.4 is 20.5 Å². The van der Waals surface area contributed by atoms with Gasteiger partial charge in [-0.15, -0.1) is 0 Å². The first-order valence-electron chi connectivity index (χ1n) is 5.62. The summed E-state index contributed by atoms with van der Waals surface area (Å²) in [4.78, 5) is 23.9. The number of hydrogen-bond donors (Lipinski definition) is 2. The van der Waals surface area contributed by atoms with Crippen LogP contribution in [-0.4, -0.2) is 35.1 Å². The Hall–Kier alpha value is -2.90. The second-order valence-electron chi connectivity index (χ2n) is 3.70. The van der Waals surface area contributed by atoms with Crippen LogP contribution in [-0.2, 0) is 0 Å². The first-order valence-corrected chi connectivity index (χ1v) is 5.62. The predicted molar refractivity (Wildman–Crippen MR) is 71.7 cm³/mol.